The molecule has 0 atom stereocenters. The fourth-order valence-electron chi connectivity index (χ4n) is 2.64. The van der Waals surface area contributed by atoms with Crippen LogP contribution in [0, 0.1) is 5.82 Å². The Morgan fingerprint density at radius 2 is 1.82 bits per heavy atom. The molecule has 28 heavy (non-hydrogen) atoms. The van der Waals surface area contributed by atoms with E-state index in [4.69, 9.17) is 21.1 Å². The maximum absolute atomic E-state index is 13.7. The monoisotopic (exact) mass is 399 g/mol. The van der Waals surface area contributed by atoms with Crippen LogP contribution in [-0.4, -0.2) is 13.0 Å². The number of anilines is 1. The third kappa shape index (κ3) is 5.24. The third-order valence-corrected chi connectivity index (χ3v) is 4.30. The molecule has 0 bridgehead atoms. The second kappa shape index (κ2) is 9.24. The van der Waals surface area contributed by atoms with Crippen LogP contribution in [0.25, 0.3) is 0 Å². The van der Waals surface area contributed by atoms with Crippen molar-refractivity contribution >= 4 is 23.2 Å². The first-order valence-electron chi connectivity index (χ1n) is 8.70. The summed E-state index contributed by atoms with van der Waals surface area (Å²) < 4.78 is 24.8. The standard InChI is InChI=1S/C22H19ClFNO3/c1-27-17-6-4-7-18(14-17)28-21-11-10-16(23)13-20(21)25-22(26)12-9-15-5-2-3-8-19(15)24/h2-8,10-11,13-14H,9,12H2,1H3,(H,25,26). The summed E-state index contributed by atoms with van der Waals surface area (Å²) in [7, 11) is 1.57. The van der Waals surface area contributed by atoms with Crippen LogP contribution < -0.4 is 14.8 Å². The van der Waals surface area contributed by atoms with Crippen LogP contribution in [0.15, 0.2) is 66.7 Å². The van der Waals surface area contributed by atoms with Gasteiger partial charge in [-0.15, -0.1) is 0 Å². The van der Waals surface area contributed by atoms with Crippen LogP contribution in [0.2, 0.25) is 5.02 Å². The first-order valence-corrected chi connectivity index (χ1v) is 9.07. The molecule has 0 heterocycles. The number of hydrogen-bond donors (Lipinski definition) is 1. The van der Waals surface area contributed by atoms with E-state index >= 15 is 0 Å². The van der Waals surface area contributed by atoms with Crippen molar-refractivity contribution in [3.05, 3.63) is 83.1 Å². The predicted molar refractivity (Wildman–Crippen MR) is 108 cm³/mol. The normalized spacial score (nSPS) is 10.4. The molecule has 0 aromatic heterocycles. The van der Waals surface area contributed by atoms with Crippen LogP contribution >= 0.6 is 11.6 Å². The average molecular weight is 400 g/mol. The number of aryl methyl sites for hydroxylation is 1. The highest BCUT2D eigenvalue weighted by atomic mass is 35.5. The molecular formula is C22H19ClFNO3. The van der Waals surface area contributed by atoms with Gasteiger partial charge in [0.05, 0.1) is 12.8 Å². The van der Waals surface area contributed by atoms with E-state index in [2.05, 4.69) is 5.32 Å². The summed E-state index contributed by atoms with van der Waals surface area (Å²) in [6, 6.07) is 18.5. The molecule has 0 saturated carbocycles. The summed E-state index contributed by atoms with van der Waals surface area (Å²) in [5.74, 6) is 1.07. The molecule has 0 unspecified atom stereocenters. The Morgan fingerprint density at radius 3 is 2.61 bits per heavy atom. The van der Waals surface area contributed by atoms with Gasteiger partial charge in [0, 0.05) is 17.5 Å². The Bertz CT molecular complexity index is 978. The van der Waals surface area contributed by atoms with Gasteiger partial charge in [-0.1, -0.05) is 35.9 Å². The van der Waals surface area contributed by atoms with Crippen molar-refractivity contribution in [3.8, 4) is 17.2 Å². The van der Waals surface area contributed by atoms with Gasteiger partial charge in [-0.05, 0) is 48.4 Å². The molecule has 3 aromatic rings. The number of nitrogens with one attached hydrogen (secondary N) is 1. The van der Waals surface area contributed by atoms with E-state index in [-0.39, 0.29) is 18.1 Å². The van der Waals surface area contributed by atoms with Crippen molar-refractivity contribution in [2.75, 3.05) is 12.4 Å². The minimum absolute atomic E-state index is 0.131. The first-order chi connectivity index (χ1) is 13.5. The van der Waals surface area contributed by atoms with Crippen LogP contribution in [0.1, 0.15) is 12.0 Å². The molecule has 1 amide bonds. The van der Waals surface area contributed by atoms with Gasteiger partial charge in [-0.25, -0.2) is 4.39 Å². The summed E-state index contributed by atoms with van der Waals surface area (Å²) in [6.07, 6.45) is 0.428. The Morgan fingerprint density at radius 1 is 1.04 bits per heavy atom. The minimum Gasteiger partial charge on any atom is -0.497 e. The van der Waals surface area contributed by atoms with Gasteiger partial charge in [0.25, 0.3) is 0 Å². The zero-order valence-corrected chi connectivity index (χ0v) is 16.0. The highest BCUT2D eigenvalue weighted by Gasteiger charge is 2.12. The minimum atomic E-state index is -0.319. The van der Waals surface area contributed by atoms with Crippen LogP contribution in [-0.2, 0) is 11.2 Å². The molecule has 1 N–H and O–H groups in total. The molecule has 0 aliphatic rings. The molecule has 3 rings (SSSR count). The number of benzene rings is 3. The molecule has 6 heteroatoms. The largest absolute Gasteiger partial charge is 0.497 e. The molecule has 144 valence electrons. The van der Waals surface area contributed by atoms with E-state index in [9.17, 15) is 9.18 Å². The van der Waals surface area contributed by atoms with Crippen molar-refractivity contribution in [1.82, 2.24) is 0 Å². The van der Waals surface area contributed by atoms with Crippen molar-refractivity contribution in [1.29, 1.82) is 0 Å². The summed E-state index contributed by atoms with van der Waals surface area (Å²) in [6.45, 7) is 0. The number of rotatable bonds is 7. The third-order valence-electron chi connectivity index (χ3n) is 4.06. The van der Waals surface area contributed by atoms with E-state index < -0.39 is 0 Å². The van der Waals surface area contributed by atoms with E-state index in [1.54, 1.807) is 67.8 Å². The molecular weight excluding hydrogens is 381 g/mol. The molecule has 0 fully saturated rings. The molecule has 0 aliphatic heterocycles. The highest BCUT2D eigenvalue weighted by Crippen LogP contribution is 2.33. The van der Waals surface area contributed by atoms with Gasteiger partial charge in [0.1, 0.15) is 17.3 Å². The average Bonchev–Trinajstić information content (AvgIpc) is 2.69. The van der Waals surface area contributed by atoms with Crippen molar-refractivity contribution in [2.24, 2.45) is 0 Å². The number of amides is 1. The molecule has 0 saturated heterocycles. The fourth-order valence-corrected chi connectivity index (χ4v) is 2.81. The van der Waals surface area contributed by atoms with Crippen LogP contribution in [0.4, 0.5) is 10.1 Å². The van der Waals surface area contributed by atoms with Gasteiger partial charge >= 0.3 is 0 Å². The predicted octanol–water partition coefficient (Wildman–Crippen LogP) is 5.85. The van der Waals surface area contributed by atoms with E-state index in [1.807, 2.05) is 0 Å². The zero-order chi connectivity index (χ0) is 19.9. The summed E-state index contributed by atoms with van der Waals surface area (Å²) in [5, 5.41) is 3.25. The molecule has 4 nitrogen and oxygen atoms in total. The lowest BCUT2D eigenvalue weighted by Gasteiger charge is -2.13. The Labute approximate surface area is 167 Å². The molecule has 3 aromatic carbocycles. The quantitative estimate of drug-likeness (QED) is 0.542. The lowest BCUT2D eigenvalue weighted by molar-refractivity contribution is -0.116. The molecule has 0 aliphatic carbocycles. The van der Waals surface area contributed by atoms with Crippen molar-refractivity contribution in [3.63, 3.8) is 0 Å². The van der Waals surface area contributed by atoms with Crippen LogP contribution in [0.3, 0.4) is 0 Å². The number of carbonyl (C=O) groups is 1. The number of carbonyl (C=O) groups excluding carboxylic acids is 1. The Kier molecular flexibility index (Phi) is 6.50. The SMILES string of the molecule is COc1cccc(Oc2ccc(Cl)cc2NC(=O)CCc2ccccc2F)c1. The lowest BCUT2D eigenvalue weighted by Crippen LogP contribution is -2.13. The Hall–Kier alpha value is -3.05. The Balaban J connectivity index is 1.71. The van der Waals surface area contributed by atoms with Gasteiger partial charge in [0.2, 0.25) is 5.91 Å². The number of methoxy groups -OCH3 is 1. The van der Waals surface area contributed by atoms with Gasteiger partial charge in [-0.2, -0.15) is 0 Å². The van der Waals surface area contributed by atoms with Crippen molar-refractivity contribution in [2.45, 2.75) is 12.8 Å². The number of ether oxygens (including phenoxy) is 2. The van der Waals surface area contributed by atoms with Gasteiger partial charge in [-0.3, -0.25) is 4.79 Å². The van der Waals surface area contributed by atoms with E-state index in [0.717, 1.165) is 0 Å². The maximum atomic E-state index is 13.7. The van der Waals surface area contributed by atoms with E-state index in [0.29, 0.717) is 39.9 Å². The zero-order valence-electron chi connectivity index (χ0n) is 15.2. The molecule has 0 spiro atoms. The maximum Gasteiger partial charge on any atom is 0.224 e. The number of hydrogen-bond acceptors (Lipinski definition) is 3. The summed E-state index contributed by atoms with van der Waals surface area (Å²) >= 11 is 6.07. The second-order valence-corrected chi connectivity index (χ2v) is 6.50. The number of halogens is 2. The van der Waals surface area contributed by atoms with Gasteiger partial charge < -0.3 is 14.8 Å². The second-order valence-electron chi connectivity index (χ2n) is 6.06. The molecule has 0 radical (unpaired) electrons. The summed E-state index contributed by atoms with van der Waals surface area (Å²) in [5.41, 5.74) is 0.936. The van der Waals surface area contributed by atoms with Gasteiger partial charge in [0.15, 0.2) is 5.75 Å². The fraction of sp³-hybridized carbons (Fsp3) is 0.136. The van der Waals surface area contributed by atoms with Crippen LogP contribution in [0.5, 0.6) is 17.2 Å². The lowest BCUT2D eigenvalue weighted by atomic mass is 10.1. The topological polar surface area (TPSA) is 47.6 Å². The highest BCUT2D eigenvalue weighted by molar-refractivity contribution is 6.31. The summed E-state index contributed by atoms with van der Waals surface area (Å²) in [4.78, 5) is 12.4. The first kappa shape index (κ1) is 19.7. The van der Waals surface area contributed by atoms with E-state index in [1.165, 1.54) is 6.07 Å². The van der Waals surface area contributed by atoms with Crippen molar-refractivity contribution < 1.29 is 18.7 Å². The smallest absolute Gasteiger partial charge is 0.224 e.